The Morgan fingerprint density at radius 1 is 1.18 bits per heavy atom. The highest BCUT2D eigenvalue weighted by molar-refractivity contribution is 5.64. The second kappa shape index (κ2) is 5.78. The van der Waals surface area contributed by atoms with Crippen LogP contribution in [0, 0.1) is 5.82 Å². The molecular formula is C14H13F4N3O. The van der Waals surface area contributed by atoms with Crippen molar-refractivity contribution < 1.29 is 22.3 Å². The Bertz CT molecular complexity index is 686. The number of pyridine rings is 2. The van der Waals surface area contributed by atoms with E-state index in [1.165, 1.54) is 12.3 Å². The maximum absolute atomic E-state index is 13.9. The van der Waals surface area contributed by atoms with Gasteiger partial charge in [-0.2, -0.15) is 13.2 Å². The van der Waals surface area contributed by atoms with Crippen LogP contribution in [0.1, 0.15) is 5.56 Å². The van der Waals surface area contributed by atoms with Crippen LogP contribution in [0.15, 0.2) is 24.4 Å². The predicted molar refractivity (Wildman–Crippen MR) is 73.3 cm³/mol. The fourth-order valence-corrected chi connectivity index (χ4v) is 1.87. The van der Waals surface area contributed by atoms with Crippen LogP contribution in [0.25, 0.3) is 11.3 Å². The molecule has 0 saturated carbocycles. The van der Waals surface area contributed by atoms with Crippen molar-refractivity contribution in [1.29, 1.82) is 0 Å². The quantitative estimate of drug-likeness (QED) is 0.814. The van der Waals surface area contributed by atoms with E-state index in [0.717, 1.165) is 13.2 Å². The number of ether oxygens (including phenoxy) is 1. The fourth-order valence-electron chi connectivity index (χ4n) is 1.87. The lowest BCUT2D eigenvalue weighted by Gasteiger charge is -2.15. The largest absolute Gasteiger partial charge is 0.480 e. The zero-order valence-electron chi connectivity index (χ0n) is 12.1. The molecule has 0 aromatic carbocycles. The SMILES string of the molecule is COc1nc(-c2ccnc(N(C)C)c2)cc(F)c1C(F)(F)F. The number of hydrogen-bond donors (Lipinski definition) is 0. The Balaban J connectivity index is 2.59. The summed E-state index contributed by atoms with van der Waals surface area (Å²) in [4.78, 5) is 9.55. The first-order valence-electron chi connectivity index (χ1n) is 6.19. The maximum Gasteiger partial charge on any atom is 0.424 e. The number of aromatic nitrogens is 2. The van der Waals surface area contributed by atoms with Crippen molar-refractivity contribution in [3.63, 3.8) is 0 Å². The molecule has 2 aromatic heterocycles. The summed E-state index contributed by atoms with van der Waals surface area (Å²) in [6.07, 6.45) is -3.41. The van der Waals surface area contributed by atoms with Crippen LogP contribution in [0.2, 0.25) is 0 Å². The molecule has 2 aromatic rings. The molecule has 0 saturated heterocycles. The topological polar surface area (TPSA) is 38.3 Å². The second-order valence-electron chi connectivity index (χ2n) is 4.67. The summed E-state index contributed by atoms with van der Waals surface area (Å²) < 4.78 is 56.9. The highest BCUT2D eigenvalue weighted by Gasteiger charge is 2.39. The van der Waals surface area contributed by atoms with E-state index >= 15 is 0 Å². The van der Waals surface area contributed by atoms with E-state index in [4.69, 9.17) is 0 Å². The van der Waals surface area contributed by atoms with Crippen LogP contribution in [0.3, 0.4) is 0 Å². The van der Waals surface area contributed by atoms with Crippen molar-refractivity contribution in [3.8, 4) is 17.1 Å². The number of halogens is 4. The number of rotatable bonds is 3. The average Bonchev–Trinajstić information content (AvgIpc) is 2.45. The summed E-state index contributed by atoms with van der Waals surface area (Å²) in [5, 5.41) is 0. The molecular weight excluding hydrogens is 302 g/mol. The van der Waals surface area contributed by atoms with E-state index in [1.54, 1.807) is 25.1 Å². The van der Waals surface area contributed by atoms with Crippen LogP contribution < -0.4 is 9.64 Å². The summed E-state index contributed by atoms with van der Waals surface area (Å²) in [5.41, 5.74) is -1.04. The van der Waals surface area contributed by atoms with Gasteiger partial charge in [-0.1, -0.05) is 0 Å². The Kier molecular flexibility index (Phi) is 4.20. The number of nitrogens with zero attached hydrogens (tertiary/aromatic N) is 3. The van der Waals surface area contributed by atoms with Crippen molar-refractivity contribution in [2.24, 2.45) is 0 Å². The van der Waals surface area contributed by atoms with E-state index < -0.39 is 23.4 Å². The zero-order chi connectivity index (χ0) is 16.5. The minimum absolute atomic E-state index is 0.0350. The molecule has 0 aliphatic rings. The molecule has 2 heterocycles. The Labute approximate surface area is 124 Å². The molecule has 0 aliphatic carbocycles. The molecule has 0 spiro atoms. The van der Waals surface area contributed by atoms with Crippen molar-refractivity contribution >= 4 is 5.82 Å². The highest BCUT2D eigenvalue weighted by Crippen LogP contribution is 2.38. The molecule has 0 radical (unpaired) electrons. The number of anilines is 1. The standard InChI is InChI=1S/C14H13F4N3O/c1-21(2)11-6-8(4-5-19-11)10-7-9(15)12(14(16,17)18)13(20-10)22-3/h4-7H,1-3H3. The molecule has 0 bridgehead atoms. The third-order valence-electron chi connectivity index (χ3n) is 2.91. The van der Waals surface area contributed by atoms with E-state index in [2.05, 4.69) is 14.7 Å². The van der Waals surface area contributed by atoms with Crippen LogP contribution in [-0.4, -0.2) is 31.2 Å². The molecule has 0 N–H and O–H groups in total. The second-order valence-corrected chi connectivity index (χ2v) is 4.67. The molecule has 0 amide bonds. The lowest BCUT2D eigenvalue weighted by molar-refractivity contribution is -0.141. The minimum Gasteiger partial charge on any atom is -0.480 e. The van der Waals surface area contributed by atoms with Crippen molar-refractivity contribution in [3.05, 3.63) is 35.8 Å². The number of alkyl halides is 3. The first kappa shape index (κ1) is 16.0. The zero-order valence-corrected chi connectivity index (χ0v) is 12.1. The van der Waals surface area contributed by atoms with Crippen LogP contribution in [-0.2, 0) is 6.18 Å². The van der Waals surface area contributed by atoms with Gasteiger partial charge in [0.25, 0.3) is 0 Å². The van der Waals surface area contributed by atoms with Gasteiger partial charge in [0.2, 0.25) is 5.88 Å². The van der Waals surface area contributed by atoms with Gasteiger partial charge >= 0.3 is 6.18 Å². The third-order valence-corrected chi connectivity index (χ3v) is 2.91. The van der Waals surface area contributed by atoms with Crippen molar-refractivity contribution in [1.82, 2.24) is 9.97 Å². The average molecular weight is 315 g/mol. The Morgan fingerprint density at radius 2 is 1.86 bits per heavy atom. The molecule has 118 valence electrons. The van der Waals surface area contributed by atoms with E-state index in [-0.39, 0.29) is 5.69 Å². The third kappa shape index (κ3) is 3.10. The lowest BCUT2D eigenvalue weighted by atomic mass is 10.1. The summed E-state index contributed by atoms with van der Waals surface area (Å²) in [6, 6.07) is 3.86. The van der Waals surface area contributed by atoms with Crippen LogP contribution in [0.5, 0.6) is 5.88 Å². The Hall–Kier alpha value is -2.38. The van der Waals surface area contributed by atoms with Gasteiger partial charge in [0.05, 0.1) is 12.8 Å². The normalized spacial score (nSPS) is 11.4. The van der Waals surface area contributed by atoms with Gasteiger partial charge in [0.1, 0.15) is 11.6 Å². The van der Waals surface area contributed by atoms with Gasteiger partial charge in [0, 0.05) is 31.9 Å². The van der Waals surface area contributed by atoms with Gasteiger partial charge in [-0.3, -0.25) is 0 Å². The number of methoxy groups -OCH3 is 1. The van der Waals surface area contributed by atoms with E-state index in [9.17, 15) is 17.6 Å². The summed E-state index contributed by atoms with van der Waals surface area (Å²) in [5.74, 6) is -1.66. The van der Waals surface area contributed by atoms with Gasteiger partial charge in [-0.25, -0.2) is 14.4 Å². The first-order valence-corrected chi connectivity index (χ1v) is 6.19. The van der Waals surface area contributed by atoms with E-state index in [0.29, 0.717) is 11.4 Å². The summed E-state index contributed by atoms with van der Waals surface area (Å²) >= 11 is 0. The molecule has 8 heteroatoms. The maximum atomic E-state index is 13.9. The Morgan fingerprint density at radius 3 is 2.41 bits per heavy atom. The first-order chi connectivity index (χ1) is 10.2. The monoisotopic (exact) mass is 315 g/mol. The molecule has 0 unspecified atom stereocenters. The van der Waals surface area contributed by atoms with Crippen LogP contribution >= 0.6 is 0 Å². The fraction of sp³-hybridized carbons (Fsp3) is 0.286. The molecule has 0 fully saturated rings. The highest BCUT2D eigenvalue weighted by atomic mass is 19.4. The van der Waals surface area contributed by atoms with Gasteiger partial charge < -0.3 is 9.64 Å². The van der Waals surface area contributed by atoms with Crippen LogP contribution in [0.4, 0.5) is 23.4 Å². The van der Waals surface area contributed by atoms with Gasteiger partial charge in [0.15, 0.2) is 5.56 Å². The summed E-state index contributed by atoms with van der Waals surface area (Å²) in [6.45, 7) is 0. The summed E-state index contributed by atoms with van der Waals surface area (Å²) in [7, 11) is 4.53. The van der Waals surface area contributed by atoms with Gasteiger partial charge in [-0.15, -0.1) is 0 Å². The molecule has 0 atom stereocenters. The number of hydrogen-bond acceptors (Lipinski definition) is 4. The van der Waals surface area contributed by atoms with Gasteiger partial charge in [-0.05, 0) is 12.1 Å². The van der Waals surface area contributed by atoms with Crippen molar-refractivity contribution in [2.45, 2.75) is 6.18 Å². The molecule has 0 aliphatic heterocycles. The smallest absolute Gasteiger partial charge is 0.424 e. The van der Waals surface area contributed by atoms with Crippen molar-refractivity contribution in [2.75, 3.05) is 26.1 Å². The molecule has 22 heavy (non-hydrogen) atoms. The minimum atomic E-state index is -4.88. The predicted octanol–water partition coefficient (Wildman–Crippen LogP) is 3.38. The molecule has 2 rings (SSSR count). The lowest BCUT2D eigenvalue weighted by Crippen LogP contribution is -2.13. The molecule has 4 nitrogen and oxygen atoms in total. The van der Waals surface area contributed by atoms with E-state index in [1.807, 2.05) is 0 Å².